The normalized spacial score (nSPS) is 12.2. The SMILES string of the molecule is C=CCNC(=O)[C@@H](C)Sc1nnc(SCc2ccc(C(C)C)cc2)s1. The first-order valence-corrected chi connectivity index (χ1v) is 10.8. The Hall–Kier alpha value is -1.31. The lowest BCUT2D eigenvalue weighted by molar-refractivity contribution is -0.120. The molecule has 2 aromatic rings. The Balaban J connectivity index is 1.84. The molecule has 1 heterocycles. The Bertz CT molecular complexity index is 698. The van der Waals surface area contributed by atoms with Crippen LogP contribution < -0.4 is 5.32 Å². The molecule has 2 rings (SSSR count). The second-order valence-corrected chi connectivity index (χ2v) is 9.60. The Morgan fingerprint density at radius 2 is 1.92 bits per heavy atom. The molecule has 7 heteroatoms. The van der Waals surface area contributed by atoms with Gasteiger partial charge in [-0.2, -0.15) is 0 Å². The predicted molar refractivity (Wildman–Crippen MR) is 109 cm³/mol. The summed E-state index contributed by atoms with van der Waals surface area (Å²) in [5.74, 6) is 1.40. The molecule has 1 atom stereocenters. The van der Waals surface area contributed by atoms with Crippen molar-refractivity contribution in [2.45, 2.75) is 46.4 Å². The largest absolute Gasteiger partial charge is 0.352 e. The first-order chi connectivity index (χ1) is 12.0. The van der Waals surface area contributed by atoms with E-state index < -0.39 is 0 Å². The van der Waals surface area contributed by atoms with E-state index in [0.29, 0.717) is 12.5 Å². The third kappa shape index (κ3) is 6.49. The highest BCUT2D eigenvalue weighted by molar-refractivity contribution is 8.03. The zero-order valence-electron chi connectivity index (χ0n) is 14.7. The molecule has 0 radical (unpaired) electrons. The van der Waals surface area contributed by atoms with Gasteiger partial charge in [0.2, 0.25) is 5.91 Å². The molecule has 0 bridgehead atoms. The first-order valence-electron chi connectivity index (χ1n) is 8.10. The molecule has 25 heavy (non-hydrogen) atoms. The van der Waals surface area contributed by atoms with Gasteiger partial charge in [0.25, 0.3) is 0 Å². The van der Waals surface area contributed by atoms with Crippen LogP contribution in [0.5, 0.6) is 0 Å². The van der Waals surface area contributed by atoms with Crippen LogP contribution in [0.1, 0.15) is 37.8 Å². The van der Waals surface area contributed by atoms with Gasteiger partial charge < -0.3 is 5.32 Å². The number of amides is 1. The molecule has 0 aliphatic carbocycles. The summed E-state index contributed by atoms with van der Waals surface area (Å²) >= 11 is 4.64. The highest BCUT2D eigenvalue weighted by atomic mass is 32.2. The average molecular weight is 394 g/mol. The Morgan fingerprint density at radius 1 is 1.24 bits per heavy atom. The summed E-state index contributed by atoms with van der Waals surface area (Å²) in [5, 5.41) is 11.0. The summed E-state index contributed by atoms with van der Waals surface area (Å²) < 4.78 is 1.74. The number of hydrogen-bond donors (Lipinski definition) is 1. The van der Waals surface area contributed by atoms with Gasteiger partial charge in [0.1, 0.15) is 0 Å². The molecule has 0 unspecified atom stereocenters. The van der Waals surface area contributed by atoms with Crippen LogP contribution in [0.25, 0.3) is 0 Å². The molecule has 0 fully saturated rings. The van der Waals surface area contributed by atoms with Crippen molar-refractivity contribution in [3.8, 4) is 0 Å². The minimum Gasteiger partial charge on any atom is -0.352 e. The summed E-state index contributed by atoms with van der Waals surface area (Å²) in [5.41, 5.74) is 2.63. The summed E-state index contributed by atoms with van der Waals surface area (Å²) in [6, 6.07) is 8.72. The van der Waals surface area contributed by atoms with Crippen LogP contribution in [0.15, 0.2) is 45.6 Å². The summed E-state index contributed by atoms with van der Waals surface area (Å²) in [4.78, 5) is 11.9. The lowest BCUT2D eigenvalue weighted by Crippen LogP contribution is -2.30. The number of thioether (sulfide) groups is 2. The van der Waals surface area contributed by atoms with Gasteiger partial charge in [-0.15, -0.1) is 16.8 Å². The van der Waals surface area contributed by atoms with Gasteiger partial charge in [0.05, 0.1) is 5.25 Å². The Kier molecular flexibility index (Phi) is 7.99. The summed E-state index contributed by atoms with van der Waals surface area (Å²) in [6.45, 7) is 10.3. The lowest BCUT2D eigenvalue weighted by Gasteiger charge is -2.08. The second kappa shape index (κ2) is 9.99. The van der Waals surface area contributed by atoms with Crippen molar-refractivity contribution >= 4 is 40.8 Å². The summed E-state index contributed by atoms with van der Waals surface area (Å²) in [6.07, 6.45) is 1.67. The average Bonchev–Trinajstić information content (AvgIpc) is 3.05. The van der Waals surface area contributed by atoms with Crippen LogP contribution in [0.2, 0.25) is 0 Å². The van der Waals surface area contributed by atoms with Crippen molar-refractivity contribution in [1.82, 2.24) is 15.5 Å². The molecule has 0 aliphatic heterocycles. The number of rotatable bonds is 9. The van der Waals surface area contributed by atoms with Crippen LogP contribution in [-0.4, -0.2) is 27.9 Å². The lowest BCUT2D eigenvalue weighted by atomic mass is 10.0. The van der Waals surface area contributed by atoms with Crippen molar-refractivity contribution in [3.05, 3.63) is 48.0 Å². The molecule has 1 amide bonds. The van der Waals surface area contributed by atoms with Crippen molar-refractivity contribution in [2.24, 2.45) is 0 Å². The third-order valence-electron chi connectivity index (χ3n) is 3.46. The number of aromatic nitrogens is 2. The van der Waals surface area contributed by atoms with Gasteiger partial charge in [-0.3, -0.25) is 4.79 Å². The van der Waals surface area contributed by atoms with Gasteiger partial charge in [0.15, 0.2) is 8.68 Å². The molecule has 0 aliphatic rings. The van der Waals surface area contributed by atoms with E-state index in [1.54, 1.807) is 17.8 Å². The molecule has 0 saturated carbocycles. The number of benzene rings is 1. The van der Waals surface area contributed by atoms with Crippen LogP contribution in [-0.2, 0) is 10.5 Å². The smallest absolute Gasteiger partial charge is 0.233 e. The standard InChI is InChI=1S/C18H23N3OS3/c1-5-10-19-16(22)13(4)24-18-21-20-17(25-18)23-11-14-6-8-15(9-7-14)12(2)3/h5-9,12-13H,1,10-11H2,2-4H3,(H,19,22)/t13-/m1/s1. The van der Waals surface area contributed by atoms with Gasteiger partial charge >= 0.3 is 0 Å². The van der Waals surface area contributed by atoms with E-state index in [9.17, 15) is 4.79 Å². The van der Waals surface area contributed by atoms with E-state index in [1.807, 2.05) is 6.92 Å². The predicted octanol–water partition coefficient (Wildman–Crippen LogP) is 4.74. The van der Waals surface area contributed by atoms with Gasteiger partial charge in [-0.25, -0.2) is 0 Å². The van der Waals surface area contributed by atoms with Crippen molar-refractivity contribution in [1.29, 1.82) is 0 Å². The van der Waals surface area contributed by atoms with Crippen LogP contribution in [0.4, 0.5) is 0 Å². The molecule has 134 valence electrons. The van der Waals surface area contributed by atoms with Crippen molar-refractivity contribution in [2.75, 3.05) is 6.54 Å². The quantitative estimate of drug-likeness (QED) is 0.493. The van der Waals surface area contributed by atoms with E-state index in [-0.39, 0.29) is 11.2 Å². The minimum absolute atomic E-state index is 0.0143. The van der Waals surface area contributed by atoms with Crippen LogP contribution >= 0.6 is 34.9 Å². The molecule has 4 nitrogen and oxygen atoms in total. The third-order valence-corrected chi connectivity index (χ3v) is 6.78. The van der Waals surface area contributed by atoms with Gasteiger partial charge in [0, 0.05) is 12.3 Å². The number of nitrogens with one attached hydrogen (secondary N) is 1. The molecule has 0 saturated heterocycles. The van der Waals surface area contributed by atoms with Gasteiger partial charge in [-0.1, -0.05) is 79.0 Å². The van der Waals surface area contributed by atoms with Crippen molar-refractivity contribution < 1.29 is 4.79 Å². The Morgan fingerprint density at radius 3 is 2.56 bits per heavy atom. The zero-order valence-corrected chi connectivity index (χ0v) is 17.1. The van der Waals surface area contributed by atoms with E-state index in [0.717, 1.165) is 14.4 Å². The highest BCUT2D eigenvalue weighted by Gasteiger charge is 2.16. The van der Waals surface area contributed by atoms with E-state index in [2.05, 4.69) is 60.2 Å². The zero-order chi connectivity index (χ0) is 18.2. The van der Waals surface area contributed by atoms with Crippen LogP contribution in [0, 0.1) is 0 Å². The molecule has 1 aromatic carbocycles. The highest BCUT2D eigenvalue weighted by Crippen LogP contribution is 2.32. The van der Waals surface area contributed by atoms with Crippen molar-refractivity contribution in [3.63, 3.8) is 0 Å². The number of hydrogen-bond acceptors (Lipinski definition) is 6. The fraction of sp³-hybridized carbons (Fsp3) is 0.389. The number of nitrogens with zero attached hydrogens (tertiary/aromatic N) is 2. The topological polar surface area (TPSA) is 54.9 Å². The van der Waals surface area contributed by atoms with E-state index in [1.165, 1.54) is 34.2 Å². The first kappa shape index (κ1) is 20.0. The monoisotopic (exact) mass is 393 g/mol. The van der Waals surface area contributed by atoms with E-state index in [4.69, 9.17) is 0 Å². The molecular formula is C18H23N3OS3. The second-order valence-electron chi connectivity index (χ2n) is 5.81. The maximum absolute atomic E-state index is 11.9. The maximum Gasteiger partial charge on any atom is 0.233 e. The number of carbonyl (C=O) groups is 1. The molecule has 0 spiro atoms. The minimum atomic E-state index is -0.200. The number of carbonyl (C=O) groups excluding carboxylic acids is 1. The fourth-order valence-corrected chi connectivity index (χ4v) is 5.11. The maximum atomic E-state index is 11.9. The molecular weight excluding hydrogens is 370 g/mol. The fourth-order valence-electron chi connectivity index (χ4n) is 1.97. The van der Waals surface area contributed by atoms with Crippen LogP contribution in [0.3, 0.4) is 0 Å². The summed E-state index contributed by atoms with van der Waals surface area (Å²) in [7, 11) is 0. The van der Waals surface area contributed by atoms with E-state index >= 15 is 0 Å². The van der Waals surface area contributed by atoms with Gasteiger partial charge in [-0.05, 0) is 24.0 Å². The Labute approximate surface area is 161 Å². The molecule has 1 aromatic heterocycles. The molecule has 1 N–H and O–H groups in total.